The topological polar surface area (TPSA) is 83.5 Å². The first-order valence-corrected chi connectivity index (χ1v) is 8.23. The Hall–Kier alpha value is -2.41. The van der Waals surface area contributed by atoms with Crippen LogP contribution in [0.15, 0.2) is 35.2 Å². The first kappa shape index (κ1) is 17.0. The van der Waals surface area contributed by atoms with E-state index in [1.165, 1.54) is 0 Å². The molecule has 0 bridgehead atoms. The second-order valence-corrected chi connectivity index (χ2v) is 7.01. The molecule has 0 aromatic heterocycles. The van der Waals surface area contributed by atoms with Crippen LogP contribution in [0.1, 0.15) is 27.0 Å². The first-order chi connectivity index (χ1) is 10.6. The first-order valence-electron chi connectivity index (χ1n) is 6.75. The lowest BCUT2D eigenvalue weighted by molar-refractivity contribution is 0.0691. The van der Waals surface area contributed by atoms with Gasteiger partial charge in [-0.25, -0.2) is 17.6 Å². The number of benzene rings is 2. The Bertz CT molecular complexity index is 868. The Kier molecular flexibility index (Phi) is 4.42. The van der Waals surface area contributed by atoms with E-state index in [2.05, 4.69) is 4.72 Å². The van der Waals surface area contributed by atoms with Crippen molar-refractivity contribution in [2.45, 2.75) is 25.7 Å². The van der Waals surface area contributed by atoms with E-state index in [9.17, 15) is 17.6 Å². The zero-order valence-corrected chi connectivity index (χ0v) is 13.7. The van der Waals surface area contributed by atoms with Crippen molar-refractivity contribution in [1.82, 2.24) is 0 Å². The van der Waals surface area contributed by atoms with Crippen molar-refractivity contribution in [2.24, 2.45) is 0 Å². The van der Waals surface area contributed by atoms with Gasteiger partial charge in [-0.1, -0.05) is 17.7 Å². The number of carboxylic acids is 1. The van der Waals surface area contributed by atoms with Gasteiger partial charge in [-0.15, -0.1) is 0 Å². The Morgan fingerprint density at radius 3 is 2.17 bits per heavy atom. The van der Waals surface area contributed by atoms with Crippen molar-refractivity contribution in [3.63, 3.8) is 0 Å². The molecule has 2 N–H and O–H groups in total. The molecule has 2 rings (SSSR count). The number of anilines is 1. The highest BCUT2D eigenvalue weighted by Gasteiger charge is 2.20. The summed E-state index contributed by atoms with van der Waals surface area (Å²) < 4.78 is 40.8. The molecule has 2 aromatic carbocycles. The number of sulfonamides is 1. The molecule has 0 radical (unpaired) electrons. The molecule has 0 saturated carbocycles. The maximum atomic E-state index is 13.4. The largest absolute Gasteiger partial charge is 0.478 e. The molecule has 0 saturated heterocycles. The van der Waals surface area contributed by atoms with E-state index in [0.717, 1.165) is 34.9 Å². The lowest BCUT2D eigenvalue weighted by atomic mass is 10.1. The Morgan fingerprint density at radius 1 is 1.09 bits per heavy atom. The average molecular weight is 337 g/mol. The smallest absolute Gasteiger partial charge is 0.338 e. The van der Waals surface area contributed by atoms with Gasteiger partial charge in [-0.2, -0.15) is 0 Å². The van der Waals surface area contributed by atoms with Gasteiger partial charge in [-0.3, -0.25) is 4.72 Å². The van der Waals surface area contributed by atoms with Gasteiger partial charge in [0.05, 0.1) is 16.1 Å². The molecule has 0 aliphatic rings. The molecule has 0 aliphatic carbocycles. The molecule has 0 amide bonds. The summed E-state index contributed by atoms with van der Waals surface area (Å²) in [6.07, 6.45) is 0. The summed E-state index contributed by atoms with van der Waals surface area (Å²) in [6.45, 7) is 5.44. The van der Waals surface area contributed by atoms with Gasteiger partial charge in [0.2, 0.25) is 0 Å². The highest BCUT2D eigenvalue weighted by Crippen LogP contribution is 2.25. The van der Waals surface area contributed by atoms with Crippen LogP contribution in [-0.4, -0.2) is 19.5 Å². The molecule has 122 valence electrons. The fourth-order valence-electron chi connectivity index (χ4n) is 2.37. The molecule has 5 nitrogen and oxygen atoms in total. The number of aryl methyl sites for hydroxylation is 3. The van der Waals surface area contributed by atoms with Crippen LogP contribution in [0.4, 0.5) is 10.1 Å². The summed E-state index contributed by atoms with van der Waals surface area (Å²) in [4.78, 5) is 10.6. The number of halogens is 1. The van der Waals surface area contributed by atoms with Crippen molar-refractivity contribution in [2.75, 3.05) is 4.72 Å². The highest BCUT2D eigenvalue weighted by molar-refractivity contribution is 7.92. The van der Waals surface area contributed by atoms with E-state index in [1.807, 2.05) is 19.1 Å². The van der Waals surface area contributed by atoms with Crippen LogP contribution in [0.5, 0.6) is 0 Å². The molecule has 0 fully saturated rings. The number of hydrogen-bond acceptors (Lipinski definition) is 3. The average Bonchev–Trinajstić information content (AvgIpc) is 2.42. The SMILES string of the molecule is Cc1cc(C)c(NS(=O)(=O)c2ccc(F)c(C(=O)O)c2)c(C)c1. The van der Waals surface area contributed by atoms with E-state index in [4.69, 9.17) is 5.11 Å². The minimum atomic E-state index is -4.02. The summed E-state index contributed by atoms with van der Waals surface area (Å²) in [6, 6.07) is 6.32. The van der Waals surface area contributed by atoms with Crippen molar-refractivity contribution < 1.29 is 22.7 Å². The van der Waals surface area contributed by atoms with Crippen LogP contribution >= 0.6 is 0 Å². The van der Waals surface area contributed by atoms with Crippen LogP contribution in [0.3, 0.4) is 0 Å². The quantitative estimate of drug-likeness (QED) is 0.897. The summed E-state index contributed by atoms with van der Waals surface area (Å²) in [5.41, 5.74) is 2.22. The molecule has 2 aromatic rings. The fourth-order valence-corrected chi connectivity index (χ4v) is 3.60. The Morgan fingerprint density at radius 2 is 1.65 bits per heavy atom. The zero-order valence-electron chi connectivity index (χ0n) is 12.8. The molecule has 0 unspecified atom stereocenters. The summed E-state index contributed by atoms with van der Waals surface area (Å²) in [5.74, 6) is -2.51. The van der Waals surface area contributed by atoms with E-state index < -0.39 is 27.4 Å². The molecule has 0 heterocycles. The predicted octanol–water partition coefficient (Wildman–Crippen LogP) is 3.25. The van der Waals surface area contributed by atoms with E-state index >= 15 is 0 Å². The minimum Gasteiger partial charge on any atom is -0.478 e. The van der Waals surface area contributed by atoms with Gasteiger partial charge in [-0.05, 0) is 50.1 Å². The van der Waals surface area contributed by atoms with Gasteiger partial charge in [0.25, 0.3) is 10.0 Å². The van der Waals surface area contributed by atoms with Crippen molar-refractivity contribution in [3.8, 4) is 0 Å². The highest BCUT2D eigenvalue weighted by atomic mass is 32.2. The van der Waals surface area contributed by atoms with Gasteiger partial charge >= 0.3 is 5.97 Å². The number of rotatable bonds is 4. The molecule has 23 heavy (non-hydrogen) atoms. The Balaban J connectivity index is 2.48. The molecule has 7 heteroatoms. The van der Waals surface area contributed by atoms with Gasteiger partial charge < -0.3 is 5.11 Å². The molecule has 0 spiro atoms. The number of carboxylic acid groups (broad SMARTS) is 1. The van der Waals surface area contributed by atoms with Crippen LogP contribution in [0, 0.1) is 26.6 Å². The van der Waals surface area contributed by atoms with Crippen LogP contribution in [0.2, 0.25) is 0 Å². The maximum absolute atomic E-state index is 13.4. The van der Waals surface area contributed by atoms with Crippen LogP contribution in [0.25, 0.3) is 0 Å². The third-order valence-electron chi connectivity index (χ3n) is 3.39. The fraction of sp³-hybridized carbons (Fsp3) is 0.188. The van der Waals surface area contributed by atoms with Crippen molar-refractivity contribution in [1.29, 1.82) is 0 Å². The molecular formula is C16H16FNO4S. The monoisotopic (exact) mass is 337 g/mol. The van der Waals surface area contributed by atoms with Crippen molar-refractivity contribution in [3.05, 3.63) is 58.4 Å². The lowest BCUT2D eigenvalue weighted by Gasteiger charge is -2.14. The van der Waals surface area contributed by atoms with Gasteiger partial charge in [0, 0.05) is 0 Å². The molecular weight excluding hydrogens is 321 g/mol. The standard InChI is InChI=1S/C16H16FNO4S/c1-9-6-10(2)15(11(3)7-9)18-23(21,22)12-4-5-14(17)13(8-12)16(19)20/h4-8,18H,1-3H3,(H,19,20). The third kappa shape index (κ3) is 3.50. The summed E-state index contributed by atoms with van der Waals surface area (Å²) >= 11 is 0. The normalized spacial score (nSPS) is 11.3. The minimum absolute atomic E-state index is 0.310. The molecule has 0 atom stereocenters. The van der Waals surface area contributed by atoms with E-state index in [0.29, 0.717) is 5.69 Å². The van der Waals surface area contributed by atoms with E-state index in [-0.39, 0.29) is 4.90 Å². The predicted molar refractivity (Wildman–Crippen MR) is 84.8 cm³/mol. The van der Waals surface area contributed by atoms with Gasteiger partial charge in [0.15, 0.2) is 0 Å². The van der Waals surface area contributed by atoms with Crippen LogP contribution < -0.4 is 4.72 Å². The van der Waals surface area contributed by atoms with Crippen LogP contribution in [-0.2, 0) is 10.0 Å². The third-order valence-corrected chi connectivity index (χ3v) is 4.74. The van der Waals surface area contributed by atoms with Gasteiger partial charge in [0.1, 0.15) is 5.82 Å². The zero-order chi connectivity index (χ0) is 17.4. The van der Waals surface area contributed by atoms with E-state index in [1.54, 1.807) is 13.8 Å². The number of carbonyl (C=O) groups is 1. The van der Waals surface area contributed by atoms with Crippen molar-refractivity contribution >= 4 is 21.7 Å². The summed E-state index contributed by atoms with van der Waals surface area (Å²) in [7, 11) is -4.02. The number of nitrogens with one attached hydrogen (secondary N) is 1. The maximum Gasteiger partial charge on any atom is 0.338 e. The lowest BCUT2D eigenvalue weighted by Crippen LogP contribution is -2.16. The number of hydrogen-bond donors (Lipinski definition) is 2. The summed E-state index contributed by atoms with van der Waals surface area (Å²) in [5, 5.41) is 8.91. The second kappa shape index (κ2) is 6.00. The Labute approximate surface area is 133 Å². The number of aromatic carboxylic acids is 1. The second-order valence-electron chi connectivity index (χ2n) is 5.33. The molecule has 0 aliphatic heterocycles.